The Morgan fingerprint density at radius 3 is 2.91 bits per heavy atom. The Morgan fingerprint density at radius 2 is 2.13 bits per heavy atom. The van der Waals surface area contributed by atoms with Gasteiger partial charge in [0, 0.05) is 19.0 Å². The highest BCUT2D eigenvalue weighted by Crippen LogP contribution is 2.30. The smallest absolute Gasteiger partial charge is 0.282 e. The number of piperidine rings is 1. The molecule has 23 heavy (non-hydrogen) atoms. The molecule has 3 aromatic rings. The summed E-state index contributed by atoms with van der Waals surface area (Å²) < 4.78 is 1.06. The van der Waals surface area contributed by atoms with Crippen LogP contribution >= 0.6 is 22.7 Å². The lowest BCUT2D eigenvalue weighted by atomic mass is 9.99. The van der Waals surface area contributed by atoms with Crippen LogP contribution < -0.4 is 0 Å². The number of rotatable bonds is 2. The van der Waals surface area contributed by atoms with E-state index in [2.05, 4.69) is 15.2 Å². The third-order valence-electron chi connectivity index (χ3n) is 4.08. The molecule has 0 radical (unpaired) electrons. The molecule has 1 aromatic carbocycles. The Bertz CT molecular complexity index is 824. The number of hydrogen-bond donors (Lipinski definition) is 0. The number of hydrogen-bond acceptors (Lipinski definition) is 6. The number of para-hydroxylation sites is 1. The van der Waals surface area contributed by atoms with E-state index in [0.29, 0.717) is 17.5 Å². The molecular formula is C16H16N4OS2. The van der Waals surface area contributed by atoms with Crippen LogP contribution in [0.3, 0.4) is 0 Å². The molecule has 5 nitrogen and oxygen atoms in total. The molecular weight excluding hydrogens is 328 g/mol. The summed E-state index contributed by atoms with van der Waals surface area (Å²) in [6.07, 6.45) is 2.07. The molecule has 0 spiro atoms. The molecule has 1 aliphatic heterocycles. The monoisotopic (exact) mass is 344 g/mol. The van der Waals surface area contributed by atoms with E-state index in [9.17, 15) is 4.79 Å². The van der Waals surface area contributed by atoms with Crippen LogP contribution in [0.25, 0.3) is 10.2 Å². The third-order valence-corrected chi connectivity index (χ3v) is 6.10. The van der Waals surface area contributed by atoms with Crippen LogP contribution in [-0.4, -0.2) is 39.1 Å². The van der Waals surface area contributed by atoms with Gasteiger partial charge in [-0.2, -0.15) is 0 Å². The van der Waals surface area contributed by atoms with Crippen molar-refractivity contribution in [1.29, 1.82) is 0 Å². The van der Waals surface area contributed by atoms with Gasteiger partial charge in [-0.15, -0.1) is 32.9 Å². The van der Waals surface area contributed by atoms with Gasteiger partial charge in [0.2, 0.25) is 0 Å². The highest BCUT2D eigenvalue weighted by Gasteiger charge is 2.29. The van der Waals surface area contributed by atoms with Crippen molar-refractivity contribution in [2.45, 2.75) is 25.7 Å². The number of carbonyl (C=O) groups is 1. The van der Waals surface area contributed by atoms with Crippen molar-refractivity contribution in [3.8, 4) is 0 Å². The molecule has 3 heterocycles. The van der Waals surface area contributed by atoms with Crippen molar-refractivity contribution < 1.29 is 4.79 Å². The van der Waals surface area contributed by atoms with Gasteiger partial charge in [-0.25, -0.2) is 4.98 Å². The van der Waals surface area contributed by atoms with Crippen LogP contribution in [0.15, 0.2) is 24.3 Å². The lowest BCUT2D eigenvalue weighted by Crippen LogP contribution is -2.39. The second-order valence-electron chi connectivity index (χ2n) is 5.74. The van der Waals surface area contributed by atoms with Crippen LogP contribution in [0, 0.1) is 6.92 Å². The molecule has 1 fully saturated rings. The van der Waals surface area contributed by atoms with E-state index in [-0.39, 0.29) is 5.91 Å². The lowest BCUT2D eigenvalue weighted by Gasteiger charge is -2.30. The molecule has 0 aliphatic carbocycles. The molecule has 7 heteroatoms. The highest BCUT2D eigenvalue weighted by atomic mass is 32.1. The summed E-state index contributed by atoms with van der Waals surface area (Å²) in [5.41, 5.74) is 0.897. The number of aromatic nitrogens is 3. The van der Waals surface area contributed by atoms with Crippen molar-refractivity contribution in [3.05, 3.63) is 39.3 Å². The number of benzene rings is 1. The van der Waals surface area contributed by atoms with Gasteiger partial charge in [-0.1, -0.05) is 12.1 Å². The Kier molecular flexibility index (Phi) is 3.82. The fraction of sp³-hybridized carbons (Fsp3) is 0.375. The molecule has 1 amide bonds. The highest BCUT2D eigenvalue weighted by molar-refractivity contribution is 7.20. The number of amides is 1. The minimum absolute atomic E-state index is 0.0390. The Labute approximate surface area is 142 Å². The summed E-state index contributed by atoms with van der Waals surface area (Å²) in [6, 6.07) is 7.88. The standard InChI is InChI=1S/C16H16N4OS2/c1-10-18-19-14(22-10)11-5-4-8-20(9-11)16(21)15-17-12-6-2-3-7-13(12)23-15/h2-3,6-7,11H,4-5,8-9H2,1H3/t11-/m0/s1. The van der Waals surface area contributed by atoms with Crippen molar-refractivity contribution in [1.82, 2.24) is 20.1 Å². The van der Waals surface area contributed by atoms with Crippen LogP contribution in [0.4, 0.5) is 0 Å². The van der Waals surface area contributed by atoms with Crippen molar-refractivity contribution in [3.63, 3.8) is 0 Å². The van der Waals surface area contributed by atoms with Gasteiger partial charge in [0.1, 0.15) is 10.0 Å². The number of thiazole rings is 1. The van der Waals surface area contributed by atoms with Gasteiger partial charge in [0.15, 0.2) is 5.01 Å². The minimum atomic E-state index is 0.0390. The Hall–Kier alpha value is -1.86. The van der Waals surface area contributed by atoms with Crippen LogP contribution in [0.1, 0.15) is 38.6 Å². The van der Waals surface area contributed by atoms with Crippen LogP contribution in [0.2, 0.25) is 0 Å². The summed E-state index contributed by atoms with van der Waals surface area (Å²) in [5, 5.41) is 11.0. The van der Waals surface area contributed by atoms with Gasteiger partial charge in [-0.3, -0.25) is 4.79 Å². The predicted octanol–water partition coefficient (Wildman–Crippen LogP) is 3.48. The Balaban J connectivity index is 1.55. The number of fused-ring (bicyclic) bond motifs is 1. The van der Waals surface area contributed by atoms with Crippen molar-refractivity contribution in [2.24, 2.45) is 0 Å². The summed E-state index contributed by atoms with van der Waals surface area (Å²) in [5.74, 6) is 0.338. The zero-order valence-corrected chi connectivity index (χ0v) is 14.4. The van der Waals surface area contributed by atoms with E-state index >= 15 is 0 Å². The number of nitrogens with zero attached hydrogens (tertiary/aromatic N) is 4. The molecule has 0 saturated carbocycles. The third kappa shape index (κ3) is 2.86. The van der Waals surface area contributed by atoms with Gasteiger partial charge in [0.25, 0.3) is 5.91 Å². The first kappa shape index (κ1) is 14.7. The molecule has 1 saturated heterocycles. The summed E-state index contributed by atoms with van der Waals surface area (Å²) in [6.45, 7) is 3.47. The number of likely N-dealkylation sites (tertiary alicyclic amines) is 1. The Morgan fingerprint density at radius 1 is 1.26 bits per heavy atom. The zero-order chi connectivity index (χ0) is 15.8. The summed E-state index contributed by atoms with van der Waals surface area (Å²) in [7, 11) is 0. The van der Waals surface area contributed by atoms with E-state index in [1.807, 2.05) is 36.1 Å². The molecule has 1 aliphatic rings. The van der Waals surface area contributed by atoms with E-state index in [1.165, 1.54) is 11.3 Å². The van der Waals surface area contributed by atoms with Gasteiger partial charge in [0.05, 0.1) is 10.2 Å². The molecule has 0 unspecified atom stereocenters. The molecule has 4 rings (SSSR count). The number of carbonyl (C=O) groups excluding carboxylic acids is 1. The molecule has 0 bridgehead atoms. The maximum Gasteiger partial charge on any atom is 0.282 e. The summed E-state index contributed by atoms with van der Waals surface area (Å²) >= 11 is 3.11. The van der Waals surface area contributed by atoms with Crippen molar-refractivity contribution in [2.75, 3.05) is 13.1 Å². The molecule has 1 atom stereocenters. The maximum atomic E-state index is 12.8. The maximum absolute atomic E-state index is 12.8. The summed E-state index contributed by atoms with van der Waals surface area (Å²) in [4.78, 5) is 19.2. The normalized spacial score (nSPS) is 18.5. The second kappa shape index (κ2) is 5.98. The topological polar surface area (TPSA) is 59.0 Å². The van der Waals surface area contributed by atoms with E-state index in [4.69, 9.17) is 0 Å². The first-order valence-corrected chi connectivity index (χ1v) is 9.29. The molecule has 118 valence electrons. The average Bonchev–Trinajstić information content (AvgIpc) is 3.20. The van der Waals surface area contributed by atoms with E-state index in [0.717, 1.165) is 39.6 Å². The second-order valence-corrected chi connectivity index (χ2v) is 7.98. The van der Waals surface area contributed by atoms with E-state index < -0.39 is 0 Å². The molecule has 0 N–H and O–H groups in total. The van der Waals surface area contributed by atoms with E-state index in [1.54, 1.807) is 11.3 Å². The van der Waals surface area contributed by atoms with Crippen molar-refractivity contribution >= 4 is 38.8 Å². The average molecular weight is 344 g/mol. The largest absolute Gasteiger partial charge is 0.336 e. The lowest BCUT2D eigenvalue weighted by molar-refractivity contribution is 0.0706. The predicted molar refractivity (Wildman–Crippen MR) is 92.1 cm³/mol. The minimum Gasteiger partial charge on any atom is -0.336 e. The number of aryl methyl sites for hydroxylation is 1. The first-order chi connectivity index (χ1) is 11.2. The van der Waals surface area contributed by atoms with Gasteiger partial charge >= 0.3 is 0 Å². The van der Waals surface area contributed by atoms with Crippen LogP contribution in [0.5, 0.6) is 0 Å². The molecule has 2 aromatic heterocycles. The quantitative estimate of drug-likeness (QED) is 0.714. The fourth-order valence-electron chi connectivity index (χ4n) is 2.94. The van der Waals surface area contributed by atoms with Gasteiger partial charge in [-0.05, 0) is 31.9 Å². The zero-order valence-electron chi connectivity index (χ0n) is 12.7. The SMILES string of the molecule is Cc1nnc([C@H]2CCCN(C(=O)c3nc4ccccc4s3)C2)s1. The van der Waals surface area contributed by atoms with Gasteiger partial charge < -0.3 is 4.90 Å². The fourth-order valence-corrected chi connectivity index (χ4v) is 4.70. The first-order valence-electron chi connectivity index (χ1n) is 7.65. The van der Waals surface area contributed by atoms with Crippen LogP contribution in [-0.2, 0) is 0 Å².